The molecule has 0 unspecified atom stereocenters. The SMILES string of the molecule is COc1cccc([C@@](C)(O)C[C@H](O)CCCCN(C)C)c1. The van der Waals surface area contributed by atoms with Crippen molar-refractivity contribution >= 4 is 0 Å². The van der Waals surface area contributed by atoms with Crippen LogP contribution in [0.25, 0.3) is 0 Å². The first kappa shape index (κ1) is 18.0. The fourth-order valence-corrected chi connectivity index (χ4v) is 2.44. The number of ether oxygens (including phenoxy) is 1. The van der Waals surface area contributed by atoms with Gasteiger partial charge in [-0.05, 0) is 64.5 Å². The zero-order valence-electron chi connectivity index (χ0n) is 13.7. The van der Waals surface area contributed by atoms with E-state index in [1.807, 2.05) is 38.4 Å². The number of aliphatic hydroxyl groups is 2. The molecule has 1 aromatic rings. The topological polar surface area (TPSA) is 52.9 Å². The first-order chi connectivity index (χ1) is 9.85. The minimum absolute atomic E-state index is 0.335. The van der Waals surface area contributed by atoms with Crippen molar-refractivity contribution in [1.82, 2.24) is 4.90 Å². The molecule has 120 valence electrons. The lowest BCUT2D eigenvalue weighted by Crippen LogP contribution is -2.27. The predicted molar refractivity (Wildman–Crippen MR) is 85.6 cm³/mol. The van der Waals surface area contributed by atoms with Crippen molar-refractivity contribution in [3.05, 3.63) is 29.8 Å². The summed E-state index contributed by atoms with van der Waals surface area (Å²) in [6.07, 6.45) is 2.59. The Bertz CT molecular complexity index is 418. The van der Waals surface area contributed by atoms with E-state index >= 15 is 0 Å². The maximum atomic E-state index is 10.6. The van der Waals surface area contributed by atoms with E-state index in [2.05, 4.69) is 4.90 Å². The maximum Gasteiger partial charge on any atom is 0.119 e. The van der Waals surface area contributed by atoms with Crippen LogP contribution in [0.3, 0.4) is 0 Å². The molecule has 2 N–H and O–H groups in total. The first-order valence-corrected chi connectivity index (χ1v) is 7.55. The van der Waals surface area contributed by atoms with Gasteiger partial charge in [-0.15, -0.1) is 0 Å². The molecule has 21 heavy (non-hydrogen) atoms. The molecule has 0 saturated carbocycles. The van der Waals surface area contributed by atoms with Crippen molar-refractivity contribution in [3.63, 3.8) is 0 Å². The summed E-state index contributed by atoms with van der Waals surface area (Å²) in [5.74, 6) is 0.716. The van der Waals surface area contributed by atoms with Crippen LogP contribution in [-0.2, 0) is 5.60 Å². The summed E-state index contributed by atoms with van der Waals surface area (Å²) >= 11 is 0. The van der Waals surface area contributed by atoms with Crippen LogP contribution in [0.2, 0.25) is 0 Å². The molecule has 4 heteroatoms. The highest BCUT2D eigenvalue weighted by atomic mass is 16.5. The van der Waals surface area contributed by atoms with Crippen LogP contribution in [0.4, 0.5) is 0 Å². The van der Waals surface area contributed by atoms with Gasteiger partial charge in [0, 0.05) is 6.42 Å². The molecule has 0 saturated heterocycles. The van der Waals surface area contributed by atoms with E-state index in [-0.39, 0.29) is 0 Å². The van der Waals surface area contributed by atoms with Gasteiger partial charge in [-0.2, -0.15) is 0 Å². The lowest BCUT2D eigenvalue weighted by atomic mass is 9.88. The van der Waals surface area contributed by atoms with Crippen LogP contribution in [0.15, 0.2) is 24.3 Å². The molecule has 1 aromatic carbocycles. The molecule has 0 aliphatic carbocycles. The lowest BCUT2D eigenvalue weighted by molar-refractivity contribution is -0.00317. The van der Waals surface area contributed by atoms with E-state index in [9.17, 15) is 10.2 Å². The average Bonchev–Trinajstić information content (AvgIpc) is 2.43. The van der Waals surface area contributed by atoms with Crippen molar-refractivity contribution in [2.75, 3.05) is 27.7 Å². The average molecular weight is 295 g/mol. The Morgan fingerprint density at radius 2 is 2.00 bits per heavy atom. The standard InChI is InChI=1S/C17H29NO3/c1-17(20,14-8-7-10-16(12-14)21-4)13-15(19)9-5-6-11-18(2)3/h7-8,10,12,15,19-20H,5-6,9,11,13H2,1-4H3/t15-,17+/m1/s1. The van der Waals surface area contributed by atoms with Crippen molar-refractivity contribution in [2.45, 2.75) is 44.3 Å². The molecule has 0 radical (unpaired) electrons. The fourth-order valence-electron chi connectivity index (χ4n) is 2.44. The Balaban J connectivity index is 2.50. The van der Waals surface area contributed by atoms with Gasteiger partial charge < -0.3 is 19.8 Å². The molecule has 0 bridgehead atoms. The summed E-state index contributed by atoms with van der Waals surface area (Å²) in [4.78, 5) is 2.14. The second-order valence-corrected chi connectivity index (χ2v) is 6.16. The Morgan fingerprint density at radius 3 is 2.62 bits per heavy atom. The van der Waals surface area contributed by atoms with Gasteiger partial charge in [-0.25, -0.2) is 0 Å². The maximum absolute atomic E-state index is 10.6. The highest BCUT2D eigenvalue weighted by molar-refractivity contribution is 5.32. The van der Waals surface area contributed by atoms with Crippen molar-refractivity contribution < 1.29 is 14.9 Å². The van der Waals surface area contributed by atoms with E-state index < -0.39 is 11.7 Å². The molecule has 1 rings (SSSR count). The molecule has 0 spiro atoms. The number of hydrogen-bond acceptors (Lipinski definition) is 4. The normalized spacial score (nSPS) is 15.8. The number of nitrogens with zero attached hydrogens (tertiary/aromatic N) is 1. The summed E-state index contributed by atoms with van der Waals surface area (Å²) in [6, 6.07) is 7.38. The lowest BCUT2D eigenvalue weighted by Gasteiger charge is -2.27. The van der Waals surface area contributed by atoms with E-state index in [0.717, 1.165) is 24.9 Å². The van der Waals surface area contributed by atoms with Gasteiger partial charge in [0.1, 0.15) is 5.75 Å². The highest BCUT2D eigenvalue weighted by Crippen LogP contribution is 2.29. The Morgan fingerprint density at radius 1 is 1.29 bits per heavy atom. The number of hydrogen-bond donors (Lipinski definition) is 2. The third kappa shape index (κ3) is 6.46. The summed E-state index contributed by atoms with van der Waals surface area (Å²) in [5.41, 5.74) is -0.274. The predicted octanol–water partition coefficient (Wildman–Crippen LogP) is 2.39. The molecule has 4 nitrogen and oxygen atoms in total. The van der Waals surface area contributed by atoms with Crippen LogP contribution in [0.5, 0.6) is 5.75 Å². The third-order valence-corrected chi connectivity index (χ3v) is 3.72. The van der Waals surface area contributed by atoms with Crippen LogP contribution in [0.1, 0.15) is 38.2 Å². The van der Waals surface area contributed by atoms with Crippen molar-refractivity contribution in [3.8, 4) is 5.75 Å². The Labute approximate surface area is 128 Å². The van der Waals surface area contributed by atoms with Crippen molar-refractivity contribution in [1.29, 1.82) is 0 Å². The molecule has 2 atom stereocenters. The number of rotatable bonds is 9. The Hall–Kier alpha value is -1.10. The Kier molecular flexibility index (Phi) is 7.15. The van der Waals surface area contributed by atoms with E-state index in [0.29, 0.717) is 18.6 Å². The van der Waals surface area contributed by atoms with Crippen LogP contribution in [0, 0.1) is 0 Å². The van der Waals surface area contributed by atoms with E-state index in [1.165, 1.54) is 0 Å². The fraction of sp³-hybridized carbons (Fsp3) is 0.647. The highest BCUT2D eigenvalue weighted by Gasteiger charge is 2.26. The zero-order chi connectivity index (χ0) is 15.9. The second kappa shape index (κ2) is 8.37. The molecular formula is C17H29NO3. The zero-order valence-corrected chi connectivity index (χ0v) is 13.7. The van der Waals surface area contributed by atoms with Gasteiger partial charge in [-0.1, -0.05) is 12.1 Å². The molecule has 0 aliphatic rings. The first-order valence-electron chi connectivity index (χ1n) is 7.55. The van der Waals surface area contributed by atoms with Crippen LogP contribution in [-0.4, -0.2) is 49.0 Å². The number of unbranched alkanes of at least 4 members (excludes halogenated alkanes) is 1. The van der Waals surface area contributed by atoms with Gasteiger partial charge in [0.15, 0.2) is 0 Å². The number of benzene rings is 1. The second-order valence-electron chi connectivity index (χ2n) is 6.16. The van der Waals surface area contributed by atoms with Gasteiger partial charge in [0.05, 0.1) is 18.8 Å². The quantitative estimate of drug-likeness (QED) is 0.687. The third-order valence-electron chi connectivity index (χ3n) is 3.72. The minimum Gasteiger partial charge on any atom is -0.497 e. The molecule has 0 fully saturated rings. The van der Waals surface area contributed by atoms with E-state index in [4.69, 9.17) is 4.74 Å². The summed E-state index contributed by atoms with van der Waals surface area (Å²) in [7, 11) is 5.70. The molecular weight excluding hydrogens is 266 g/mol. The summed E-state index contributed by atoms with van der Waals surface area (Å²) in [6.45, 7) is 2.77. The van der Waals surface area contributed by atoms with Crippen LogP contribution < -0.4 is 4.74 Å². The molecule has 0 amide bonds. The summed E-state index contributed by atoms with van der Waals surface area (Å²) < 4.78 is 5.18. The minimum atomic E-state index is -1.05. The van der Waals surface area contributed by atoms with Gasteiger partial charge >= 0.3 is 0 Å². The summed E-state index contributed by atoms with van der Waals surface area (Å²) in [5, 5.41) is 20.7. The molecule has 0 heterocycles. The van der Waals surface area contributed by atoms with Gasteiger partial charge in [-0.3, -0.25) is 0 Å². The van der Waals surface area contributed by atoms with Crippen LogP contribution >= 0.6 is 0 Å². The van der Waals surface area contributed by atoms with Gasteiger partial charge in [0.25, 0.3) is 0 Å². The number of methoxy groups -OCH3 is 1. The molecule has 0 aromatic heterocycles. The monoisotopic (exact) mass is 295 g/mol. The smallest absolute Gasteiger partial charge is 0.119 e. The van der Waals surface area contributed by atoms with Crippen molar-refractivity contribution in [2.24, 2.45) is 0 Å². The van der Waals surface area contributed by atoms with E-state index in [1.54, 1.807) is 14.0 Å². The van der Waals surface area contributed by atoms with Gasteiger partial charge in [0.2, 0.25) is 0 Å². The largest absolute Gasteiger partial charge is 0.497 e. The number of aliphatic hydroxyl groups excluding tert-OH is 1. The molecule has 0 aliphatic heterocycles.